The molecule has 2 rings (SSSR count). The van der Waals surface area contributed by atoms with E-state index >= 15 is 0 Å². The summed E-state index contributed by atoms with van der Waals surface area (Å²) in [6, 6.07) is 3.75. The van der Waals surface area contributed by atoms with Crippen LogP contribution in [-0.4, -0.2) is 9.97 Å². The van der Waals surface area contributed by atoms with Crippen LogP contribution in [-0.2, 0) is 5.41 Å². The van der Waals surface area contributed by atoms with Gasteiger partial charge in [0.2, 0.25) is 0 Å². The second kappa shape index (κ2) is 5.85. The van der Waals surface area contributed by atoms with Gasteiger partial charge in [-0.3, -0.25) is 0 Å². The number of aromatic nitrogens is 2. The van der Waals surface area contributed by atoms with Crippen molar-refractivity contribution in [3.63, 3.8) is 0 Å². The lowest BCUT2D eigenvalue weighted by Crippen LogP contribution is -2.17. The Morgan fingerprint density at radius 3 is 2.19 bits per heavy atom. The highest BCUT2D eigenvalue weighted by Crippen LogP contribution is 2.28. The van der Waals surface area contributed by atoms with E-state index in [4.69, 9.17) is 11.6 Å². The first kappa shape index (κ1) is 16.1. The van der Waals surface area contributed by atoms with E-state index in [1.807, 2.05) is 20.8 Å². The van der Waals surface area contributed by atoms with Gasteiger partial charge in [-0.1, -0.05) is 48.3 Å². The number of halogens is 4. The molecule has 2 aromatic rings. The van der Waals surface area contributed by atoms with Crippen molar-refractivity contribution in [2.75, 3.05) is 5.32 Å². The quantitative estimate of drug-likeness (QED) is 0.731. The smallest absolute Gasteiger partial charge is 0.150 e. The summed E-state index contributed by atoms with van der Waals surface area (Å²) in [4.78, 5) is 8.38. The molecule has 0 radical (unpaired) electrons. The Morgan fingerprint density at radius 1 is 1.10 bits per heavy atom. The zero-order chi connectivity index (χ0) is 15.8. The number of rotatable bonds is 2. The second-order valence-corrected chi connectivity index (χ2v) is 6.82. The largest absolute Gasteiger partial charge is 0.335 e. The normalized spacial score (nSPS) is 11.6. The molecule has 0 spiro atoms. The Balaban J connectivity index is 2.43. The van der Waals surface area contributed by atoms with E-state index in [1.165, 1.54) is 18.2 Å². The fraction of sp³-hybridized carbons (Fsp3) is 0.286. The molecular formula is C14H13BrClF2N3. The molecule has 0 fully saturated rings. The SMILES string of the molecule is CC(C)(C)c1nc(Cl)cc(Nc2c(F)cc(Br)cc2F)n1. The van der Waals surface area contributed by atoms with E-state index in [0.717, 1.165) is 0 Å². The number of hydrogen-bond acceptors (Lipinski definition) is 3. The van der Waals surface area contributed by atoms with E-state index < -0.39 is 11.6 Å². The topological polar surface area (TPSA) is 37.8 Å². The molecule has 112 valence electrons. The number of anilines is 2. The fourth-order valence-electron chi connectivity index (χ4n) is 1.61. The lowest BCUT2D eigenvalue weighted by atomic mass is 9.96. The van der Waals surface area contributed by atoms with Gasteiger partial charge in [-0.05, 0) is 12.1 Å². The van der Waals surface area contributed by atoms with Crippen LogP contribution in [0.1, 0.15) is 26.6 Å². The third-order valence-electron chi connectivity index (χ3n) is 2.63. The van der Waals surface area contributed by atoms with Crippen LogP contribution in [0.15, 0.2) is 22.7 Å². The highest BCUT2D eigenvalue weighted by atomic mass is 79.9. The number of nitrogens with one attached hydrogen (secondary N) is 1. The van der Waals surface area contributed by atoms with E-state index in [1.54, 1.807) is 0 Å². The van der Waals surface area contributed by atoms with Gasteiger partial charge in [0.15, 0.2) is 11.6 Å². The van der Waals surface area contributed by atoms with Crippen molar-refractivity contribution < 1.29 is 8.78 Å². The summed E-state index contributed by atoms with van der Waals surface area (Å²) in [6.07, 6.45) is 0. The van der Waals surface area contributed by atoms with Gasteiger partial charge in [0, 0.05) is 16.0 Å². The van der Waals surface area contributed by atoms with Gasteiger partial charge in [0.25, 0.3) is 0 Å². The van der Waals surface area contributed by atoms with Gasteiger partial charge in [-0.15, -0.1) is 0 Å². The van der Waals surface area contributed by atoms with Crippen molar-refractivity contribution >= 4 is 39.0 Å². The first-order chi connectivity index (χ1) is 9.66. The first-order valence-corrected chi connectivity index (χ1v) is 7.30. The fourth-order valence-corrected chi connectivity index (χ4v) is 2.19. The summed E-state index contributed by atoms with van der Waals surface area (Å²) >= 11 is 8.97. The van der Waals surface area contributed by atoms with Gasteiger partial charge < -0.3 is 5.32 Å². The van der Waals surface area contributed by atoms with Gasteiger partial charge >= 0.3 is 0 Å². The lowest BCUT2D eigenvalue weighted by Gasteiger charge is -2.18. The van der Waals surface area contributed by atoms with E-state index in [9.17, 15) is 8.78 Å². The molecule has 1 N–H and O–H groups in total. The number of benzene rings is 1. The third kappa shape index (κ3) is 3.89. The molecule has 1 aromatic carbocycles. The molecule has 0 atom stereocenters. The van der Waals surface area contributed by atoms with Gasteiger partial charge in [0.05, 0.1) is 0 Å². The van der Waals surface area contributed by atoms with Gasteiger partial charge in [-0.25, -0.2) is 18.7 Å². The van der Waals surface area contributed by atoms with Crippen LogP contribution in [0, 0.1) is 11.6 Å². The summed E-state index contributed by atoms with van der Waals surface area (Å²) in [5.41, 5.74) is -0.620. The van der Waals surface area contributed by atoms with Crippen LogP contribution in [0.4, 0.5) is 20.3 Å². The Labute approximate surface area is 134 Å². The molecule has 1 heterocycles. The highest BCUT2D eigenvalue weighted by molar-refractivity contribution is 9.10. The Bertz CT molecular complexity index is 663. The van der Waals surface area contributed by atoms with E-state index in [0.29, 0.717) is 10.3 Å². The Kier molecular flexibility index (Phi) is 4.49. The molecular weight excluding hydrogens is 364 g/mol. The number of hydrogen-bond donors (Lipinski definition) is 1. The van der Waals surface area contributed by atoms with Gasteiger partial charge in [-0.2, -0.15) is 0 Å². The molecule has 0 aliphatic rings. The summed E-state index contributed by atoms with van der Waals surface area (Å²) in [5, 5.41) is 2.82. The maximum absolute atomic E-state index is 13.8. The predicted molar refractivity (Wildman–Crippen MR) is 83.1 cm³/mol. The molecule has 1 aromatic heterocycles. The van der Waals surface area contributed by atoms with Crippen LogP contribution >= 0.6 is 27.5 Å². The van der Waals surface area contributed by atoms with Crippen LogP contribution < -0.4 is 5.32 Å². The zero-order valence-corrected chi connectivity index (χ0v) is 14.0. The van der Waals surface area contributed by atoms with Gasteiger partial charge in [0.1, 0.15) is 22.5 Å². The monoisotopic (exact) mass is 375 g/mol. The van der Waals surface area contributed by atoms with Crippen molar-refractivity contribution in [1.29, 1.82) is 0 Å². The summed E-state index contributed by atoms with van der Waals surface area (Å²) in [7, 11) is 0. The maximum atomic E-state index is 13.8. The molecule has 7 heteroatoms. The van der Waals surface area contributed by atoms with Crippen LogP contribution in [0.25, 0.3) is 0 Å². The highest BCUT2D eigenvalue weighted by Gasteiger charge is 2.20. The van der Waals surface area contributed by atoms with Crippen LogP contribution in [0.5, 0.6) is 0 Å². The summed E-state index contributed by atoms with van der Waals surface area (Å²) < 4.78 is 28.0. The second-order valence-electron chi connectivity index (χ2n) is 5.52. The maximum Gasteiger partial charge on any atom is 0.150 e. The lowest BCUT2D eigenvalue weighted by molar-refractivity contribution is 0.546. The van der Waals surface area contributed by atoms with Crippen molar-refractivity contribution in [1.82, 2.24) is 9.97 Å². The van der Waals surface area contributed by atoms with Crippen LogP contribution in [0.3, 0.4) is 0 Å². The Morgan fingerprint density at radius 2 is 1.67 bits per heavy atom. The molecule has 0 aliphatic heterocycles. The standard InChI is InChI=1S/C14H13BrClF2N3/c1-14(2,3)13-19-10(16)6-11(21-13)20-12-8(17)4-7(15)5-9(12)18/h4-6H,1-3H3,(H,19,20,21). The first-order valence-electron chi connectivity index (χ1n) is 6.13. The summed E-state index contributed by atoms with van der Waals surface area (Å²) in [6.45, 7) is 5.76. The molecule has 3 nitrogen and oxygen atoms in total. The molecule has 0 unspecified atom stereocenters. The molecule has 0 aliphatic carbocycles. The minimum absolute atomic E-state index is 0.204. The average Bonchev–Trinajstić information content (AvgIpc) is 2.32. The molecule has 0 saturated carbocycles. The molecule has 0 amide bonds. The minimum atomic E-state index is -0.728. The molecule has 21 heavy (non-hydrogen) atoms. The average molecular weight is 377 g/mol. The third-order valence-corrected chi connectivity index (χ3v) is 3.28. The van der Waals surface area contributed by atoms with Crippen molar-refractivity contribution in [2.24, 2.45) is 0 Å². The molecule has 0 bridgehead atoms. The van der Waals surface area contributed by atoms with Crippen LogP contribution in [0.2, 0.25) is 5.15 Å². The van der Waals surface area contributed by atoms with Crippen molar-refractivity contribution in [2.45, 2.75) is 26.2 Å². The Hall–Kier alpha value is -1.27. The predicted octanol–water partition coefficient (Wildman–Crippen LogP) is 5.21. The van der Waals surface area contributed by atoms with E-state index in [-0.39, 0.29) is 22.1 Å². The zero-order valence-electron chi connectivity index (χ0n) is 11.6. The minimum Gasteiger partial charge on any atom is -0.335 e. The van der Waals surface area contributed by atoms with Crippen molar-refractivity contribution in [3.05, 3.63) is 45.3 Å². The van der Waals surface area contributed by atoms with Crippen molar-refractivity contribution in [3.8, 4) is 0 Å². The van der Waals surface area contributed by atoms with E-state index in [2.05, 4.69) is 31.2 Å². The summed E-state index contributed by atoms with van der Waals surface area (Å²) in [5.74, 6) is -0.738. The molecule has 0 saturated heterocycles. The number of nitrogens with zero attached hydrogens (tertiary/aromatic N) is 2.